The summed E-state index contributed by atoms with van der Waals surface area (Å²) in [7, 11) is 1.56. The van der Waals surface area contributed by atoms with Gasteiger partial charge in [-0.2, -0.15) is 0 Å². The van der Waals surface area contributed by atoms with E-state index in [9.17, 15) is 9.59 Å². The lowest BCUT2D eigenvalue weighted by Gasteiger charge is -2.25. The molecular weight excluding hydrogens is 338 g/mol. The van der Waals surface area contributed by atoms with E-state index in [1.165, 1.54) is 0 Å². The summed E-state index contributed by atoms with van der Waals surface area (Å²) in [5.74, 6) is -0.952. The Kier molecular flexibility index (Phi) is 5.22. The maximum Gasteiger partial charge on any atom is 0.306 e. The molecule has 1 amide bonds. The summed E-state index contributed by atoms with van der Waals surface area (Å²) < 4.78 is 5.90. The van der Waals surface area contributed by atoms with Crippen LogP contribution in [0.4, 0.5) is 5.69 Å². The van der Waals surface area contributed by atoms with Crippen LogP contribution in [0.2, 0.25) is 0 Å². The standard InChI is InChI=1S/C15H18BrNO4/c1-21-11-5-6-12(16)13(8-11)17-14(18)9-3-2-4-10(7-9)15(19)20/h5-6,8-10H,2-4,7H2,1H3,(H,17,18)(H,19,20). The fourth-order valence-electron chi connectivity index (χ4n) is 2.61. The number of carbonyl (C=O) groups excluding carboxylic acids is 1. The zero-order chi connectivity index (χ0) is 15.4. The summed E-state index contributed by atoms with van der Waals surface area (Å²) in [6.45, 7) is 0. The van der Waals surface area contributed by atoms with Crippen LogP contribution in [0.15, 0.2) is 22.7 Å². The van der Waals surface area contributed by atoms with Crippen molar-refractivity contribution < 1.29 is 19.4 Å². The van der Waals surface area contributed by atoms with Crippen molar-refractivity contribution in [1.82, 2.24) is 0 Å². The summed E-state index contributed by atoms with van der Waals surface area (Å²) in [5, 5.41) is 11.9. The summed E-state index contributed by atoms with van der Waals surface area (Å²) in [4.78, 5) is 23.4. The van der Waals surface area contributed by atoms with Crippen LogP contribution < -0.4 is 10.1 Å². The van der Waals surface area contributed by atoms with E-state index in [1.807, 2.05) is 0 Å². The first-order chi connectivity index (χ1) is 10.0. The second-order valence-electron chi connectivity index (χ2n) is 5.23. The van der Waals surface area contributed by atoms with Gasteiger partial charge in [0.2, 0.25) is 5.91 Å². The highest BCUT2D eigenvalue weighted by atomic mass is 79.9. The van der Waals surface area contributed by atoms with E-state index < -0.39 is 11.9 Å². The second kappa shape index (κ2) is 6.93. The number of ether oxygens (including phenoxy) is 1. The Balaban J connectivity index is 2.05. The molecule has 114 valence electrons. The molecule has 2 rings (SSSR count). The largest absolute Gasteiger partial charge is 0.497 e. The first-order valence-electron chi connectivity index (χ1n) is 6.88. The number of methoxy groups -OCH3 is 1. The van der Waals surface area contributed by atoms with Gasteiger partial charge in [-0.15, -0.1) is 0 Å². The van der Waals surface area contributed by atoms with Crippen molar-refractivity contribution in [2.24, 2.45) is 11.8 Å². The molecule has 2 N–H and O–H groups in total. The Morgan fingerprint density at radius 2 is 2.05 bits per heavy atom. The minimum atomic E-state index is -0.810. The molecule has 1 aliphatic rings. The maximum atomic E-state index is 12.3. The number of benzene rings is 1. The molecule has 6 heteroatoms. The van der Waals surface area contributed by atoms with Crippen LogP contribution >= 0.6 is 15.9 Å². The molecule has 0 aromatic heterocycles. The van der Waals surface area contributed by atoms with E-state index in [4.69, 9.17) is 9.84 Å². The Labute approximate surface area is 131 Å². The molecule has 1 aromatic carbocycles. The number of anilines is 1. The highest BCUT2D eigenvalue weighted by Gasteiger charge is 2.31. The summed E-state index contributed by atoms with van der Waals surface area (Å²) in [5.41, 5.74) is 0.636. The molecule has 5 nitrogen and oxygen atoms in total. The van der Waals surface area contributed by atoms with Crippen LogP contribution in [-0.4, -0.2) is 24.1 Å². The smallest absolute Gasteiger partial charge is 0.306 e. The predicted molar refractivity (Wildman–Crippen MR) is 82.4 cm³/mol. The Morgan fingerprint density at radius 3 is 2.71 bits per heavy atom. The quantitative estimate of drug-likeness (QED) is 0.868. The molecule has 21 heavy (non-hydrogen) atoms. The van der Waals surface area contributed by atoms with Crippen molar-refractivity contribution in [2.75, 3.05) is 12.4 Å². The Hall–Kier alpha value is -1.56. The highest BCUT2D eigenvalue weighted by molar-refractivity contribution is 9.10. The van der Waals surface area contributed by atoms with E-state index in [0.29, 0.717) is 24.3 Å². The third-order valence-corrected chi connectivity index (χ3v) is 4.52. The van der Waals surface area contributed by atoms with E-state index in [-0.39, 0.29) is 11.8 Å². The van der Waals surface area contributed by atoms with Crippen molar-refractivity contribution in [1.29, 1.82) is 0 Å². The van der Waals surface area contributed by atoms with E-state index in [1.54, 1.807) is 25.3 Å². The summed E-state index contributed by atoms with van der Waals surface area (Å²) in [6, 6.07) is 5.33. The number of carbonyl (C=O) groups is 2. The lowest BCUT2D eigenvalue weighted by atomic mass is 9.81. The van der Waals surface area contributed by atoms with Crippen molar-refractivity contribution in [3.05, 3.63) is 22.7 Å². The molecule has 2 atom stereocenters. The molecule has 0 aliphatic heterocycles. The maximum absolute atomic E-state index is 12.3. The van der Waals surface area contributed by atoms with Gasteiger partial charge in [-0.1, -0.05) is 6.42 Å². The molecule has 2 unspecified atom stereocenters. The molecule has 1 saturated carbocycles. The molecule has 0 spiro atoms. The fraction of sp³-hybridized carbons (Fsp3) is 0.467. The van der Waals surface area contributed by atoms with Gasteiger partial charge in [-0.05, 0) is 47.3 Å². The minimum absolute atomic E-state index is 0.130. The number of carboxylic acids is 1. The van der Waals surface area contributed by atoms with Gasteiger partial charge >= 0.3 is 5.97 Å². The monoisotopic (exact) mass is 355 g/mol. The summed E-state index contributed by atoms with van der Waals surface area (Å²) in [6.07, 6.45) is 2.57. The Morgan fingerprint density at radius 1 is 1.33 bits per heavy atom. The average Bonchev–Trinajstić information content (AvgIpc) is 2.49. The van der Waals surface area contributed by atoms with Crippen LogP contribution in [-0.2, 0) is 9.59 Å². The van der Waals surface area contributed by atoms with Gasteiger partial charge in [-0.3, -0.25) is 9.59 Å². The highest BCUT2D eigenvalue weighted by Crippen LogP contribution is 2.32. The SMILES string of the molecule is COc1ccc(Br)c(NC(=O)C2CCCC(C(=O)O)C2)c1. The van der Waals surface area contributed by atoms with Gasteiger partial charge in [-0.25, -0.2) is 0 Å². The van der Waals surface area contributed by atoms with Crippen molar-refractivity contribution in [3.63, 3.8) is 0 Å². The van der Waals surface area contributed by atoms with Crippen LogP contribution in [0, 0.1) is 11.8 Å². The van der Waals surface area contributed by atoms with Gasteiger partial charge in [0.1, 0.15) is 5.75 Å². The van der Waals surface area contributed by atoms with Gasteiger partial charge in [0.15, 0.2) is 0 Å². The summed E-state index contributed by atoms with van der Waals surface area (Å²) >= 11 is 3.38. The third kappa shape index (κ3) is 3.97. The number of halogens is 1. The van der Waals surface area contributed by atoms with Gasteiger partial charge in [0.25, 0.3) is 0 Å². The van der Waals surface area contributed by atoms with Crippen LogP contribution in [0.25, 0.3) is 0 Å². The lowest BCUT2D eigenvalue weighted by Crippen LogP contribution is -2.31. The van der Waals surface area contributed by atoms with Gasteiger partial charge in [0, 0.05) is 16.5 Å². The first kappa shape index (κ1) is 15.8. The Bertz CT molecular complexity index is 546. The molecule has 0 radical (unpaired) electrons. The van der Waals surface area contributed by atoms with E-state index in [0.717, 1.165) is 17.3 Å². The van der Waals surface area contributed by atoms with Crippen molar-refractivity contribution in [2.45, 2.75) is 25.7 Å². The van der Waals surface area contributed by atoms with Crippen molar-refractivity contribution in [3.8, 4) is 5.75 Å². The van der Waals surface area contributed by atoms with E-state index >= 15 is 0 Å². The molecule has 0 saturated heterocycles. The molecule has 1 aliphatic carbocycles. The average molecular weight is 356 g/mol. The van der Waals surface area contributed by atoms with Crippen molar-refractivity contribution >= 4 is 33.5 Å². The molecule has 0 heterocycles. The molecular formula is C15H18BrNO4. The topological polar surface area (TPSA) is 75.6 Å². The number of hydrogen-bond acceptors (Lipinski definition) is 3. The molecule has 0 bridgehead atoms. The molecule has 1 aromatic rings. The van der Waals surface area contributed by atoms with E-state index in [2.05, 4.69) is 21.2 Å². The van der Waals surface area contributed by atoms with Gasteiger partial charge in [0.05, 0.1) is 18.7 Å². The van der Waals surface area contributed by atoms with Gasteiger partial charge < -0.3 is 15.2 Å². The van der Waals surface area contributed by atoms with Crippen LogP contribution in [0.1, 0.15) is 25.7 Å². The lowest BCUT2D eigenvalue weighted by molar-refractivity contribution is -0.143. The minimum Gasteiger partial charge on any atom is -0.497 e. The predicted octanol–water partition coefficient (Wildman–Crippen LogP) is 3.29. The zero-order valence-electron chi connectivity index (χ0n) is 11.8. The third-order valence-electron chi connectivity index (χ3n) is 3.83. The fourth-order valence-corrected chi connectivity index (χ4v) is 2.96. The van der Waals surface area contributed by atoms with Crippen LogP contribution in [0.5, 0.6) is 5.75 Å². The zero-order valence-corrected chi connectivity index (χ0v) is 13.4. The number of amides is 1. The number of aliphatic carboxylic acids is 1. The normalized spacial score (nSPS) is 21.6. The number of nitrogens with one attached hydrogen (secondary N) is 1. The number of hydrogen-bond donors (Lipinski definition) is 2. The van der Waals surface area contributed by atoms with Crippen LogP contribution in [0.3, 0.4) is 0 Å². The second-order valence-corrected chi connectivity index (χ2v) is 6.09. The number of rotatable bonds is 4. The molecule has 1 fully saturated rings. The number of carboxylic acid groups (broad SMARTS) is 1. The first-order valence-corrected chi connectivity index (χ1v) is 7.67.